The van der Waals surface area contributed by atoms with Crippen LogP contribution in [0, 0.1) is 0 Å². The van der Waals surface area contributed by atoms with E-state index >= 15 is 0 Å². The van der Waals surface area contributed by atoms with Gasteiger partial charge in [-0.3, -0.25) is 0 Å². The summed E-state index contributed by atoms with van der Waals surface area (Å²) in [5.41, 5.74) is 0.652. The normalized spacial score (nSPS) is 11.6. The summed E-state index contributed by atoms with van der Waals surface area (Å²) in [6.07, 6.45) is 1.44. The third-order valence-electron chi connectivity index (χ3n) is 2.97. The maximum Gasteiger partial charge on any atom is 0.339 e. The van der Waals surface area contributed by atoms with Gasteiger partial charge in [-0.15, -0.1) is 0 Å². The van der Waals surface area contributed by atoms with E-state index < -0.39 is 15.8 Å². The average molecular weight is 371 g/mol. The first-order valence-electron chi connectivity index (χ1n) is 6.41. The molecule has 7 heteroatoms. The maximum atomic E-state index is 12.4. The van der Waals surface area contributed by atoms with Crippen LogP contribution >= 0.6 is 23.2 Å². The summed E-state index contributed by atoms with van der Waals surface area (Å²) in [7, 11) is -2.67. The maximum absolute atomic E-state index is 12.4. The number of methoxy groups -OCH3 is 1. The van der Waals surface area contributed by atoms with Crippen LogP contribution in [0.4, 0.5) is 0 Å². The van der Waals surface area contributed by atoms with Crippen LogP contribution in [0.25, 0.3) is 6.08 Å². The Morgan fingerprint density at radius 2 is 1.74 bits per heavy atom. The molecular weight excluding hydrogens is 359 g/mol. The number of carbonyl (C=O) groups excluding carboxylic acids is 1. The van der Waals surface area contributed by atoms with Gasteiger partial charge in [0.2, 0.25) is 9.84 Å². The molecule has 0 saturated heterocycles. The van der Waals surface area contributed by atoms with E-state index in [1.165, 1.54) is 19.3 Å². The second kappa shape index (κ2) is 7.17. The summed E-state index contributed by atoms with van der Waals surface area (Å²) in [6, 6.07) is 11.2. The van der Waals surface area contributed by atoms with Gasteiger partial charge in [0.05, 0.1) is 27.6 Å². The van der Waals surface area contributed by atoms with Gasteiger partial charge in [-0.25, -0.2) is 13.2 Å². The zero-order valence-electron chi connectivity index (χ0n) is 12.0. The summed E-state index contributed by atoms with van der Waals surface area (Å²) in [5.74, 6) is -0.741. The van der Waals surface area contributed by atoms with E-state index in [2.05, 4.69) is 4.74 Å². The molecule has 2 aromatic rings. The Bertz CT molecular complexity index is 859. The molecule has 0 bridgehead atoms. The van der Waals surface area contributed by atoms with E-state index in [0.29, 0.717) is 5.56 Å². The summed E-state index contributed by atoms with van der Waals surface area (Å²) < 4.78 is 29.4. The smallest absolute Gasteiger partial charge is 0.339 e. The minimum Gasteiger partial charge on any atom is -0.465 e. The Labute approximate surface area is 144 Å². The molecule has 0 radical (unpaired) electrons. The Morgan fingerprint density at radius 1 is 1.09 bits per heavy atom. The molecule has 0 aliphatic rings. The fourth-order valence-corrected chi connectivity index (χ4v) is 3.70. The van der Waals surface area contributed by atoms with E-state index in [4.69, 9.17) is 23.2 Å². The molecule has 23 heavy (non-hydrogen) atoms. The molecule has 0 fully saturated rings. The molecule has 2 aromatic carbocycles. The molecule has 0 spiro atoms. The van der Waals surface area contributed by atoms with Crippen molar-refractivity contribution in [2.45, 2.75) is 4.90 Å². The van der Waals surface area contributed by atoms with Crippen molar-refractivity contribution in [1.29, 1.82) is 0 Å². The molecule has 0 atom stereocenters. The van der Waals surface area contributed by atoms with Crippen molar-refractivity contribution in [2.75, 3.05) is 7.11 Å². The summed E-state index contributed by atoms with van der Waals surface area (Å²) >= 11 is 11.9. The van der Waals surface area contributed by atoms with Gasteiger partial charge < -0.3 is 4.74 Å². The largest absolute Gasteiger partial charge is 0.465 e. The lowest BCUT2D eigenvalue weighted by atomic mass is 10.2. The van der Waals surface area contributed by atoms with Gasteiger partial charge >= 0.3 is 5.97 Å². The predicted molar refractivity (Wildman–Crippen MR) is 90.5 cm³/mol. The van der Waals surface area contributed by atoms with Crippen LogP contribution in [-0.2, 0) is 14.6 Å². The van der Waals surface area contributed by atoms with Crippen molar-refractivity contribution in [3.63, 3.8) is 0 Å². The molecule has 0 heterocycles. The second-order valence-corrected chi connectivity index (χ2v) is 7.13. The van der Waals surface area contributed by atoms with Crippen molar-refractivity contribution in [3.05, 3.63) is 69.0 Å². The van der Waals surface area contributed by atoms with Crippen LogP contribution in [0.2, 0.25) is 10.0 Å². The van der Waals surface area contributed by atoms with Crippen molar-refractivity contribution in [1.82, 2.24) is 0 Å². The van der Waals surface area contributed by atoms with Gasteiger partial charge in [-0.05, 0) is 23.8 Å². The molecule has 0 N–H and O–H groups in total. The van der Waals surface area contributed by atoms with Crippen LogP contribution in [0.5, 0.6) is 0 Å². The summed E-state index contributed by atoms with van der Waals surface area (Å²) in [4.78, 5) is 11.4. The number of benzene rings is 2. The van der Waals surface area contributed by atoms with Gasteiger partial charge in [0.15, 0.2) is 0 Å². The minimum absolute atomic E-state index is 0.0211. The molecule has 0 saturated carbocycles. The van der Waals surface area contributed by atoms with Gasteiger partial charge in [0, 0.05) is 5.41 Å². The zero-order chi connectivity index (χ0) is 17.0. The van der Waals surface area contributed by atoms with Crippen LogP contribution in [0.15, 0.2) is 52.8 Å². The molecule has 0 amide bonds. The average Bonchev–Trinajstić information content (AvgIpc) is 2.53. The van der Waals surface area contributed by atoms with Gasteiger partial charge in [-0.2, -0.15) is 0 Å². The first-order valence-corrected chi connectivity index (χ1v) is 8.71. The zero-order valence-corrected chi connectivity index (χ0v) is 14.3. The highest BCUT2D eigenvalue weighted by Crippen LogP contribution is 2.30. The Balaban J connectivity index is 2.47. The number of hydrogen-bond donors (Lipinski definition) is 0. The minimum atomic E-state index is -3.85. The highest BCUT2D eigenvalue weighted by molar-refractivity contribution is 7.94. The molecule has 2 rings (SSSR count). The summed E-state index contributed by atoms with van der Waals surface area (Å²) in [6.45, 7) is 0. The molecule has 4 nitrogen and oxygen atoms in total. The van der Waals surface area contributed by atoms with E-state index in [-0.39, 0.29) is 20.5 Å². The predicted octanol–water partition coefficient (Wildman–Crippen LogP) is 4.22. The van der Waals surface area contributed by atoms with Crippen molar-refractivity contribution in [3.8, 4) is 0 Å². The molecule has 0 aliphatic heterocycles. The number of sulfone groups is 1. The molecule has 0 unspecified atom stereocenters. The lowest BCUT2D eigenvalue weighted by molar-refractivity contribution is 0.0600. The van der Waals surface area contributed by atoms with Gasteiger partial charge in [0.1, 0.15) is 0 Å². The lowest BCUT2D eigenvalue weighted by Gasteiger charge is -2.07. The molecular formula is C16H12Cl2O4S. The highest BCUT2D eigenvalue weighted by atomic mass is 35.5. The topological polar surface area (TPSA) is 60.4 Å². The molecule has 0 aromatic heterocycles. The SMILES string of the molecule is COC(=O)c1cc(S(=O)(=O)/C=C/c2ccccc2)c(Cl)cc1Cl. The van der Waals surface area contributed by atoms with Crippen molar-refractivity contribution >= 4 is 45.1 Å². The van der Waals surface area contributed by atoms with Crippen LogP contribution < -0.4 is 0 Å². The van der Waals surface area contributed by atoms with Crippen molar-refractivity contribution < 1.29 is 17.9 Å². The fourth-order valence-electron chi connectivity index (χ4n) is 1.82. The Hall–Kier alpha value is -1.82. The van der Waals surface area contributed by atoms with Crippen LogP contribution in [0.1, 0.15) is 15.9 Å². The molecule has 120 valence electrons. The first-order chi connectivity index (χ1) is 10.8. The third-order valence-corrected chi connectivity index (χ3v) is 5.16. The lowest BCUT2D eigenvalue weighted by Crippen LogP contribution is -2.06. The summed E-state index contributed by atoms with van der Waals surface area (Å²) in [5, 5.41) is 0.978. The second-order valence-electron chi connectivity index (χ2n) is 4.51. The first kappa shape index (κ1) is 17.5. The Morgan fingerprint density at radius 3 is 2.35 bits per heavy atom. The fraction of sp³-hybridized carbons (Fsp3) is 0.0625. The van der Waals surface area contributed by atoms with E-state index in [1.54, 1.807) is 24.3 Å². The van der Waals surface area contributed by atoms with E-state index in [0.717, 1.165) is 11.5 Å². The number of hydrogen-bond acceptors (Lipinski definition) is 4. The Kier molecular flexibility index (Phi) is 5.46. The van der Waals surface area contributed by atoms with Gasteiger partial charge in [0.25, 0.3) is 0 Å². The quantitative estimate of drug-likeness (QED) is 0.755. The van der Waals surface area contributed by atoms with E-state index in [9.17, 15) is 13.2 Å². The van der Waals surface area contributed by atoms with Crippen LogP contribution in [0.3, 0.4) is 0 Å². The number of halogens is 2. The van der Waals surface area contributed by atoms with Crippen LogP contribution in [-0.4, -0.2) is 21.5 Å². The number of esters is 1. The number of carbonyl (C=O) groups is 1. The third kappa shape index (κ3) is 4.13. The number of ether oxygens (including phenoxy) is 1. The van der Waals surface area contributed by atoms with Gasteiger partial charge in [-0.1, -0.05) is 53.5 Å². The highest BCUT2D eigenvalue weighted by Gasteiger charge is 2.21. The monoisotopic (exact) mass is 370 g/mol. The number of rotatable bonds is 4. The van der Waals surface area contributed by atoms with E-state index in [1.807, 2.05) is 6.07 Å². The molecule has 0 aliphatic carbocycles. The van der Waals surface area contributed by atoms with Crippen molar-refractivity contribution in [2.24, 2.45) is 0 Å². The standard InChI is InChI=1S/C16H12Cl2O4S/c1-22-16(19)12-9-15(14(18)10-13(12)17)23(20,21)8-7-11-5-3-2-4-6-11/h2-10H,1H3/b8-7+.